The maximum Gasteiger partial charge on any atom is 0.158 e. The Morgan fingerprint density at radius 1 is 1.48 bits per heavy atom. The third-order valence-electron chi connectivity index (χ3n) is 2.98. The third kappa shape index (κ3) is 4.04. The van der Waals surface area contributed by atoms with Crippen molar-refractivity contribution in [1.82, 2.24) is 0 Å². The lowest BCUT2D eigenvalue weighted by Crippen LogP contribution is -2.19. The molecule has 0 aliphatic rings. The van der Waals surface area contributed by atoms with E-state index >= 15 is 0 Å². The summed E-state index contributed by atoms with van der Waals surface area (Å²) in [7, 11) is 0. The van der Waals surface area contributed by atoms with Crippen LogP contribution in [0.2, 0.25) is 0 Å². The van der Waals surface area contributed by atoms with Crippen LogP contribution < -0.4 is 5.73 Å². The molecule has 21 heavy (non-hydrogen) atoms. The first-order valence-electron chi connectivity index (χ1n) is 6.30. The summed E-state index contributed by atoms with van der Waals surface area (Å²) < 4.78 is 27.1. The van der Waals surface area contributed by atoms with Gasteiger partial charge in [0, 0.05) is 17.8 Å². The molecule has 0 saturated heterocycles. The molecule has 110 valence electrons. The van der Waals surface area contributed by atoms with E-state index in [1.54, 1.807) is 6.92 Å². The number of nitriles is 1. The maximum atomic E-state index is 13.6. The first-order chi connectivity index (χ1) is 9.94. The van der Waals surface area contributed by atoms with Crippen molar-refractivity contribution < 1.29 is 8.78 Å². The average Bonchev–Trinajstić information content (AvgIpc) is 2.46. The zero-order valence-corrected chi connectivity index (χ0v) is 11.9. The molecular weight excluding hydrogens is 274 g/mol. The lowest BCUT2D eigenvalue weighted by atomic mass is 10.1. The van der Waals surface area contributed by atoms with E-state index in [2.05, 4.69) is 16.7 Å². The standard InChI is InChI=1S/C15H16F2N4/c1-4-14(19)9(2)8-21-15(20-3)10-5-12(16)11(7-18)13(17)6-10/h5-6,8,14H,3-4,19H2,1-2H3/b9-8+,21-15-. The van der Waals surface area contributed by atoms with Gasteiger partial charge in [-0.05, 0) is 37.8 Å². The molecule has 1 rings (SSSR count). The van der Waals surface area contributed by atoms with Gasteiger partial charge in [0.2, 0.25) is 0 Å². The van der Waals surface area contributed by atoms with Crippen LogP contribution in [0, 0.1) is 23.0 Å². The smallest absolute Gasteiger partial charge is 0.158 e. The number of nitrogens with two attached hydrogens (primary N) is 1. The molecule has 1 aromatic carbocycles. The van der Waals surface area contributed by atoms with Gasteiger partial charge in [-0.1, -0.05) is 6.92 Å². The van der Waals surface area contributed by atoms with E-state index in [1.165, 1.54) is 12.3 Å². The SMILES string of the molecule is C=N/C(=N\C=C(/C)C(N)CC)c1cc(F)c(C#N)c(F)c1. The molecule has 0 aliphatic heterocycles. The highest BCUT2D eigenvalue weighted by atomic mass is 19.1. The summed E-state index contributed by atoms with van der Waals surface area (Å²) in [5, 5.41) is 8.63. The van der Waals surface area contributed by atoms with Gasteiger partial charge in [-0.15, -0.1) is 0 Å². The summed E-state index contributed by atoms with van der Waals surface area (Å²) >= 11 is 0. The molecule has 1 aromatic rings. The Morgan fingerprint density at radius 2 is 2.05 bits per heavy atom. The highest BCUT2D eigenvalue weighted by Gasteiger charge is 2.13. The fraction of sp³-hybridized carbons (Fsp3) is 0.267. The highest BCUT2D eigenvalue weighted by Crippen LogP contribution is 2.16. The molecule has 1 atom stereocenters. The van der Waals surface area contributed by atoms with Crippen molar-refractivity contribution in [1.29, 1.82) is 5.26 Å². The summed E-state index contributed by atoms with van der Waals surface area (Å²) in [5.74, 6) is -1.87. The normalized spacial score (nSPS) is 13.7. The van der Waals surface area contributed by atoms with Gasteiger partial charge in [-0.25, -0.2) is 18.8 Å². The van der Waals surface area contributed by atoms with Crippen LogP contribution in [0.4, 0.5) is 8.78 Å². The maximum absolute atomic E-state index is 13.6. The Balaban J connectivity index is 3.24. The molecule has 0 radical (unpaired) electrons. The van der Waals surface area contributed by atoms with Crippen LogP contribution in [-0.2, 0) is 0 Å². The summed E-state index contributed by atoms with van der Waals surface area (Å²) in [5.41, 5.74) is 6.11. The second-order valence-corrected chi connectivity index (χ2v) is 4.43. The Bertz CT molecular complexity index is 619. The fourth-order valence-electron chi connectivity index (χ4n) is 1.60. The summed E-state index contributed by atoms with van der Waals surface area (Å²) in [6.07, 6.45) is 2.24. The predicted octanol–water partition coefficient (Wildman–Crippen LogP) is 2.92. The molecule has 0 aromatic heterocycles. The first-order valence-corrected chi connectivity index (χ1v) is 6.30. The van der Waals surface area contributed by atoms with Gasteiger partial charge in [0.1, 0.15) is 23.3 Å². The molecule has 0 amide bonds. The number of hydrogen-bond donors (Lipinski definition) is 1. The van der Waals surface area contributed by atoms with Gasteiger partial charge in [0.25, 0.3) is 0 Å². The first kappa shape index (κ1) is 16.7. The number of rotatable bonds is 4. The van der Waals surface area contributed by atoms with E-state index in [9.17, 15) is 8.78 Å². The molecule has 0 bridgehead atoms. The Morgan fingerprint density at radius 3 is 2.48 bits per heavy atom. The van der Waals surface area contributed by atoms with Crippen molar-refractivity contribution in [3.63, 3.8) is 0 Å². The molecule has 0 fully saturated rings. The largest absolute Gasteiger partial charge is 0.324 e. The van der Waals surface area contributed by atoms with E-state index in [-0.39, 0.29) is 17.4 Å². The van der Waals surface area contributed by atoms with Crippen molar-refractivity contribution in [3.05, 3.63) is 46.7 Å². The van der Waals surface area contributed by atoms with Crippen LogP contribution in [0.15, 0.2) is 33.9 Å². The van der Waals surface area contributed by atoms with Crippen LogP contribution in [0.5, 0.6) is 0 Å². The van der Waals surface area contributed by atoms with Crippen LogP contribution in [0.1, 0.15) is 31.4 Å². The van der Waals surface area contributed by atoms with E-state index in [0.29, 0.717) is 0 Å². The molecule has 1 unspecified atom stereocenters. The summed E-state index contributed by atoms with van der Waals surface area (Å²) in [6, 6.07) is 3.31. The minimum absolute atomic E-state index is 0.0555. The second kappa shape index (κ2) is 7.41. The average molecular weight is 290 g/mol. The van der Waals surface area contributed by atoms with Crippen molar-refractivity contribution in [2.75, 3.05) is 0 Å². The van der Waals surface area contributed by atoms with Crippen LogP contribution in [0.25, 0.3) is 0 Å². The van der Waals surface area contributed by atoms with E-state index in [4.69, 9.17) is 11.0 Å². The molecule has 2 N–H and O–H groups in total. The minimum atomic E-state index is -0.963. The molecule has 0 spiro atoms. The monoisotopic (exact) mass is 290 g/mol. The predicted molar refractivity (Wildman–Crippen MR) is 79.2 cm³/mol. The number of halogens is 2. The van der Waals surface area contributed by atoms with Gasteiger partial charge in [0.15, 0.2) is 5.84 Å². The van der Waals surface area contributed by atoms with Crippen molar-refractivity contribution in [3.8, 4) is 6.07 Å². The fourth-order valence-corrected chi connectivity index (χ4v) is 1.60. The molecule has 4 nitrogen and oxygen atoms in total. The Kier molecular flexibility index (Phi) is 5.88. The van der Waals surface area contributed by atoms with Crippen LogP contribution in [0.3, 0.4) is 0 Å². The third-order valence-corrected chi connectivity index (χ3v) is 2.98. The topological polar surface area (TPSA) is 74.5 Å². The van der Waals surface area contributed by atoms with Gasteiger partial charge in [-0.2, -0.15) is 5.26 Å². The summed E-state index contributed by atoms with van der Waals surface area (Å²) in [6.45, 7) is 7.07. The molecule has 0 aliphatic carbocycles. The number of nitrogens with zero attached hydrogens (tertiary/aromatic N) is 3. The van der Waals surface area contributed by atoms with E-state index in [0.717, 1.165) is 24.1 Å². The lowest BCUT2D eigenvalue weighted by molar-refractivity contribution is 0.576. The van der Waals surface area contributed by atoms with Gasteiger partial charge in [0.05, 0.1) is 0 Å². The zero-order chi connectivity index (χ0) is 16.0. The minimum Gasteiger partial charge on any atom is -0.324 e. The number of benzene rings is 1. The van der Waals surface area contributed by atoms with Crippen LogP contribution >= 0.6 is 0 Å². The van der Waals surface area contributed by atoms with Gasteiger partial charge < -0.3 is 5.73 Å². The van der Waals surface area contributed by atoms with Crippen LogP contribution in [-0.4, -0.2) is 18.6 Å². The molecule has 0 heterocycles. The van der Waals surface area contributed by atoms with Gasteiger partial charge in [-0.3, -0.25) is 0 Å². The van der Waals surface area contributed by atoms with Gasteiger partial charge >= 0.3 is 0 Å². The summed E-state index contributed by atoms with van der Waals surface area (Å²) in [4.78, 5) is 7.70. The highest BCUT2D eigenvalue weighted by molar-refractivity contribution is 6.01. The second-order valence-electron chi connectivity index (χ2n) is 4.43. The quantitative estimate of drug-likeness (QED) is 0.684. The van der Waals surface area contributed by atoms with Crippen molar-refractivity contribution in [2.24, 2.45) is 15.7 Å². The molecule has 0 saturated carbocycles. The van der Waals surface area contributed by atoms with Crippen molar-refractivity contribution in [2.45, 2.75) is 26.3 Å². The molecular formula is C15H16F2N4. The number of aliphatic imine (C=N–C) groups is 2. The van der Waals surface area contributed by atoms with Crippen molar-refractivity contribution >= 4 is 12.6 Å². The Labute approximate surface area is 122 Å². The molecule has 6 heteroatoms. The number of hydrogen-bond acceptors (Lipinski definition) is 3. The number of amidine groups is 1. The Hall–Kier alpha value is -2.39. The lowest BCUT2D eigenvalue weighted by Gasteiger charge is -2.07. The zero-order valence-electron chi connectivity index (χ0n) is 11.9. The van der Waals surface area contributed by atoms with E-state index < -0.39 is 17.2 Å². The van der Waals surface area contributed by atoms with E-state index in [1.807, 2.05) is 6.92 Å².